The van der Waals surface area contributed by atoms with Gasteiger partial charge >= 0.3 is 0 Å². The molecule has 2 heteroatoms. The predicted octanol–water partition coefficient (Wildman–Crippen LogP) is 9.11. The maximum atomic E-state index is 2.35. The Morgan fingerprint density at radius 2 is 1.11 bits per heavy atom. The van der Waals surface area contributed by atoms with Gasteiger partial charge in [0.15, 0.2) is 0 Å². The third-order valence-electron chi connectivity index (χ3n) is 7.14. The average Bonchev–Trinajstić information content (AvgIpc) is 3.21. The Balaban J connectivity index is 1.49. The Kier molecular flexibility index (Phi) is 4.40. The summed E-state index contributed by atoms with van der Waals surface area (Å²) in [6, 6.07) is 45.9. The van der Waals surface area contributed by atoms with Gasteiger partial charge < -0.3 is 9.47 Å². The topological polar surface area (TPSA) is 8.17 Å². The molecule has 0 amide bonds. The van der Waals surface area contributed by atoms with Crippen molar-refractivity contribution in [2.75, 3.05) is 4.90 Å². The van der Waals surface area contributed by atoms with Crippen molar-refractivity contribution >= 4 is 60.4 Å². The maximum absolute atomic E-state index is 2.35. The van der Waals surface area contributed by atoms with Crippen molar-refractivity contribution in [1.29, 1.82) is 0 Å². The summed E-state index contributed by atoms with van der Waals surface area (Å²) in [6.45, 7) is 0. The van der Waals surface area contributed by atoms with Gasteiger partial charge in [0.25, 0.3) is 0 Å². The van der Waals surface area contributed by atoms with E-state index in [9.17, 15) is 0 Å². The molecule has 7 rings (SSSR count). The summed E-state index contributed by atoms with van der Waals surface area (Å²) in [4.78, 5) is 2.35. The molecule has 1 heterocycles. The number of nitrogens with zero attached hydrogens (tertiary/aromatic N) is 2. The van der Waals surface area contributed by atoms with Gasteiger partial charge in [-0.3, -0.25) is 0 Å². The van der Waals surface area contributed by atoms with Crippen LogP contribution in [-0.2, 0) is 7.05 Å². The molecule has 0 aliphatic rings. The summed E-state index contributed by atoms with van der Waals surface area (Å²) >= 11 is 0. The summed E-state index contributed by atoms with van der Waals surface area (Å²) in [5, 5.41) is 7.68. The van der Waals surface area contributed by atoms with E-state index in [0.29, 0.717) is 0 Å². The van der Waals surface area contributed by atoms with Gasteiger partial charge in [0.05, 0.1) is 5.52 Å². The fourth-order valence-corrected chi connectivity index (χ4v) is 5.44. The fraction of sp³-hybridized carbons (Fsp3) is 0.0303. The first-order valence-electron chi connectivity index (χ1n) is 12.0. The Morgan fingerprint density at radius 3 is 1.97 bits per heavy atom. The quantitative estimate of drug-likeness (QED) is 0.262. The van der Waals surface area contributed by atoms with Crippen LogP contribution < -0.4 is 4.90 Å². The molecule has 35 heavy (non-hydrogen) atoms. The van der Waals surface area contributed by atoms with E-state index in [-0.39, 0.29) is 0 Å². The van der Waals surface area contributed by atoms with Crippen LogP contribution in [0.15, 0.2) is 127 Å². The van der Waals surface area contributed by atoms with Crippen LogP contribution in [0.5, 0.6) is 0 Å². The minimum absolute atomic E-state index is 1.14. The molecule has 0 fully saturated rings. The molecule has 166 valence electrons. The number of aryl methyl sites for hydroxylation is 1. The molecule has 0 saturated heterocycles. The zero-order chi connectivity index (χ0) is 23.4. The highest BCUT2D eigenvalue weighted by Gasteiger charge is 2.17. The number of fused-ring (bicyclic) bond motifs is 6. The van der Waals surface area contributed by atoms with Gasteiger partial charge in [-0.05, 0) is 64.0 Å². The lowest BCUT2D eigenvalue weighted by molar-refractivity contribution is 1.01. The molecule has 0 bridgehead atoms. The normalized spacial score (nSPS) is 11.6. The third-order valence-corrected chi connectivity index (χ3v) is 7.14. The van der Waals surface area contributed by atoms with Crippen molar-refractivity contribution in [2.45, 2.75) is 0 Å². The maximum Gasteiger partial charge on any atom is 0.0509 e. The van der Waals surface area contributed by atoms with E-state index in [4.69, 9.17) is 0 Å². The van der Waals surface area contributed by atoms with Crippen LogP contribution >= 0.6 is 0 Å². The van der Waals surface area contributed by atoms with E-state index in [1.807, 2.05) is 0 Å². The lowest BCUT2D eigenvalue weighted by Crippen LogP contribution is -2.09. The van der Waals surface area contributed by atoms with Crippen LogP contribution in [0.4, 0.5) is 17.1 Å². The molecule has 0 unspecified atom stereocenters. The molecule has 0 radical (unpaired) electrons. The van der Waals surface area contributed by atoms with Gasteiger partial charge in [-0.1, -0.05) is 84.9 Å². The second kappa shape index (κ2) is 7.75. The van der Waals surface area contributed by atoms with Crippen LogP contribution in [0, 0.1) is 0 Å². The van der Waals surface area contributed by atoms with Gasteiger partial charge in [0.2, 0.25) is 0 Å². The highest BCUT2D eigenvalue weighted by atomic mass is 15.1. The summed E-state index contributed by atoms with van der Waals surface area (Å²) in [5.74, 6) is 0. The van der Waals surface area contributed by atoms with Crippen molar-refractivity contribution in [3.05, 3.63) is 127 Å². The minimum atomic E-state index is 1.14. The largest absolute Gasteiger partial charge is 0.344 e. The molecule has 0 saturated carbocycles. The summed E-state index contributed by atoms with van der Waals surface area (Å²) in [6.07, 6.45) is 0. The van der Waals surface area contributed by atoms with E-state index >= 15 is 0 Å². The van der Waals surface area contributed by atoms with Gasteiger partial charge in [-0.15, -0.1) is 0 Å². The lowest BCUT2D eigenvalue weighted by Gasteiger charge is -2.26. The molecule has 0 atom stereocenters. The molecule has 1 aromatic heterocycles. The van der Waals surface area contributed by atoms with Crippen molar-refractivity contribution in [3.8, 4) is 0 Å². The Labute approximate surface area is 204 Å². The van der Waals surface area contributed by atoms with Gasteiger partial charge in [-0.2, -0.15) is 0 Å². The molecular formula is C33H24N2. The minimum Gasteiger partial charge on any atom is -0.344 e. The van der Waals surface area contributed by atoms with Gasteiger partial charge in [-0.25, -0.2) is 0 Å². The van der Waals surface area contributed by atoms with Crippen LogP contribution in [0.25, 0.3) is 43.4 Å². The summed E-state index contributed by atoms with van der Waals surface area (Å²) in [5.41, 5.74) is 5.93. The van der Waals surface area contributed by atoms with Crippen LogP contribution in [0.2, 0.25) is 0 Å². The average molecular weight is 449 g/mol. The Hall–Kier alpha value is -4.56. The first kappa shape index (κ1) is 19.9. The van der Waals surface area contributed by atoms with E-state index in [1.54, 1.807) is 0 Å². The van der Waals surface area contributed by atoms with Crippen molar-refractivity contribution < 1.29 is 0 Å². The highest BCUT2D eigenvalue weighted by Crippen LogP contribution is 2.40. The van der Waals surface area contributed by atoms with E-state index in [1.165, 1.54) is 43.4 Å². The van der Waals surface area contributed by atoms with Crippen molar-refractivity contribution in [3.63, 3.8) is 0 Å². The number of hydrogen-bond donors (Lipinski definition) is 0. The number of hydrogen-bond acceptors (Lipinski definition) is 1. The van der Waals surface area contributed by atoms with E-state index < -0.39 is 0 Å². The Bertz CT molecular complexity index is 1860. The standard InChI is InChI=1S/C33H24N2/c1-34-31-20-16-24-10-7-8-14-29(24)33(31)30-19-18-28(22-32(30)34)35(26-12-3-2-4-13-26)27-17-15-23-9-5-6-11-25(23)21-27/h2-22H,1H3. The second-order valence-corrected chi connectivity index (χ2v) is 9.14. The van der Waals surface area contributed by atoms with Crippen LogP contribution in [-0.4, -0.2) is 4.57 Å². The van der Waals surface area contributed by atoms with Crippen molar-refractivity contribution in [1.82, 2.24) is 4.57 Å². The molecule has 7 aromatic rings. The Morgan fingerprint density at radius 1 is 0.457 bits per heavy atom. The van der Waals surface area contributed by atoms with Gasteiger partial charge in [0.1, 0.15) is 0 Å². The zero-order valence-electron chi connectivity index (χ0n) is 19.5. The van der Waals surface area contributed by atoms with Crippen LogP contribution in [0.1, 0.15) is 0 Å². The number of benzene rings is 6. The monoisotopic (exact) mass is 448 g/mol. The first-order chi connectivity index (χ1) is 17.3. The summed E-state index contributed by atoms with van der Waals surface area (Å²) < 4.78 is 2.32. The third kappa shape index (κ3) is 3.11. The molecule has 0 N–H and O–H groups in total. The number of rotatable bonds is 3. The number of aromatic nitrogens is 1. The second-order valence-electron chi connectivity index (χ2n) is 9.14. The molecular weight excluding hydrogens is 424 g/mol. The highest BCUT2D eigenvalue weighted by molar-refractivity contribution is 6.21. The van der Waals surface area contributed by atoms with E-state index in [2.05, 4.69) is 144 Å². The fourth-order valence-electron chi connectivity index (χ4n) is 5.44. The molecule has 2 nitrogen and oxygen atoms in total. The van der Waals surface area contributed by atoms with Gasteiger partial charge in [0, 0.05) is 40.4 Å². The SMILES string of the molecule is Cn1c2cc(N(c3ccccc3)c3ccc4ccccc4c3)ccc2c2c3ccccc3ccc21. The molecule has 0 spiro atoms. The number of para-hydroxylation sites is 1. The van der Waals surface area contributed by atoms with E-state index in [0.717, 1.165) is 17.1 Å². The first-order valence-corrected chi connectivity index (χ1v) is 12.0. The van der Waals surface area contributed by atoms with Crippen molar-refractivity contribution in [2.24, 2.45) is 7.05 Å². The smallest absolute Gasteiger partial charge is 0.0509 e. The number of anilines is 3. The molecule has 0 aliphatic heterocycles. The lowest BCUT2D eigenvalue weighted by atomic mass is 10.0. The molecule has 0 aliphatic carbocycles. The summed E-state index contributed by atoms with van der Waals surface area (Å²) in [7, 11) is 2.17. The molecule has 6 aromatic carbocycles. The predicted molar refractivity (Wildman–Crippen MR) is 150 cm³/mol. The van der Waals surface area contributed by atoms with Crippen LogP contribution in [0.3, 0.4) is 0 Å². The zero-order valence-corrected chi connectivity index (χ0v) is 19.5.